The second-order valence-corrected chi connectivity index (χ2v) is 6.02. The Bertz CT molecular complexity index is 506. The standard InChI is InChI=1S/C16H16OS/c17-11-12-6-8-14(9-7-12)18-16-10-15(16)13-4-2-1-3-5-13/h1-9,15-17H,10-11H2. The lowest BCUT2D eigenvalue weighted by molar-refractivity contribution is 0.282. The minimum atomic E-state index is 0.126. The van der Waals surface area contributed by atoms with Gasteiger partial charge in [-0.3, -0.25) is 0 Å². The Labute approximate surface area is 112 Å². The highest BCUT2D eigenvalue weighted by Crippen LogP contribution is 2.51. The first-order chi connectivity index (χ1) is 8.86. The van der Waals surface area contributed by atoms with Gasteiger partial charge in [-0.15, -0.1) is 11.8 Å². The van der Waals surface area contributed by atoms with Gasteiger partial charge in [0.15, 0.2) is 0 Å². The van der Waals surface area contributed by atoms with E-state index in [0.29, 0.717) is 11.2 Å². The highest BCUT2D eigenvalue weighted by Gasteiger charge is 2.38. The summed E-state index contributed by atoms with van der Waals surface area (Å²) in [5.41, 5.74) is 2.44. The van der Waals surface area contributed by atoms with Crippen LogP contribution in [0.1, 0.15) is 23.5 Å². The maximum Gasteiger partial charge on any atom is 0.0681 e. The van der Waals surface area contributed by atoms with Gasteiger partial charge in [-0.25, -0.2) is 0 Å². The quantitative estimate of drug-likeness (QED) is 0.897. The summed E-state index contributed by atoms with van der Waals surface area (Å²) in [6.07, 6.45) is 1.27. The summed E-state index contributed by atoms with van der Waals surface area (Å²) in [4.78, 5) is 1.30. The zero-order valence-electron chi connectivity index (χ0n) is 10.1. The Hall–Kier alpha value is -1.25. The third-order valence-electron chi connectivity index (χ3n) is 3.35. The molecule has 2 aromatic carbocycles. The summed E-state index contributed by atoms with van der Waals surface area (Å²) in [6, 6.07) is 19.0. The molecule has 1 aliphatic rings. The van der Waals surface area contributed by atoms with Gasteiger partial charge >= 0.3 is 0 Å². The van der Waals surface area contributed by atoms with E-state index in [9.17, 15) is 0 Å². The van der Waals surface area contributed by atoms with Crippen molar-refractivity contribution in [2.45, 2.75) is 29.1 Å². The number of hydrogen-bond donors (Lipinski definition) is 1. The van der Waals surface area contributed by atoms with E-state index >= 15 is 0 Å². The van der Waals surface area contributed by atoms with Crippen LogP contribution in [0.3, 0.4) is 0 Å². The Kier molecular flexibility index (Phi) is 3.39. The highest BCUT2D eigenvalue weighted by atomic mass is 32.2. The van der Waals surface area contributed by atoms with Gasteiger partial charge in [-0.2, -0.15) is 0 Å². The summed E-state index contributed by atoms with van der Waals surface area (Å²) in [5, 5.41) is 9.72. The van der Waals surface area contributed by atoms with Gasteiger partial charge < -0.3 is 5.11 Å². The molecule has 0 radical (unpaired) electrons. The average Bonchev–Trinajstić information content (AvgIpc) is 3.20. The number of hydrogen-bond acceptors (Lipinski definition) is 2. The van der Waals surface area contributed by atoms with E-state index in [4.69, 9.17) is 5.11 Å². The van der Waals surface area contributed by atoms with E-state index in [1.54, 1.807) is 0 Å². The molecule has 1 fully saturated rings. The van der Waals surface area contributed by atoms with E-state index in [-0.39, 0.29) is 6.61 Å². The van der Waals surface area contributed by atoms with Crippen molar-refractivity contribution in [3.8, 4) is 0 Å². The van der Waals surface area contributed by atoms with Crippen LogP contribution >= 0.6 is 11.8 Å². The summed E-state index contributed by atoms with van der Waals surface area (Å²) in [7, 11) is 0. The van der Waals surface area contributed by atoms with E-state index in [2.05, 4.69) is 42.5 Å². The predicted octanol–water partition coefficient (Wildman–Crippen LogP) is 3.83. The van der Waals surface area contributed by atoms with E-state index in [1.165, 1.54) is 16.9 Å². The minimum absolute atomic E-state index is 0.126. The molecule has 2 aromatic rings. The van der Waals surface area contributed by atoms with E-state index in [0.717, 1.165) is 5.56 Å². The number of rotatable bonds is 4. The normalized spacial score (nSPS) is 21.8. The first kappa shape index (κ1) is 11.8. The van der Waals surface area contributed by atoms with Crippen molar-refractivity contribution in [2.24, 2.45) is 0 Å². The van der Waals surface area contributed by atoms with Crippen LogP contribution in [0.4, 0.5) is 0 Å². The maximum absolute atomic E-state index is 9.01. The third-order valence-corrected chi connectivity index (χ3v) is 4.72. The molecule has 18 heavy (non-hydrogen) atoms. The van der Waals surface area contributed by atoms with Crippen LogP contribution in [0.5, 0.6) is 0 Å². The lowest BCUT2D eigenvalue weighted by Crippen LogP contribution is -1.85. The van der Waals surface area contributed by atoms with Crippen molar-refractivity contribution < 1.29 is 5.11 Å². The number of aliphatic hydroxyl groups excluding tert-OH is 1. The topological polar surface area (TPSA) is 20.2 Å². The fourth-order valence-corrected chi connectivity index (χ4v) is 3.47. The molecule has 2 unspecified atom stereocenters. The summed E-state index contributed by atoms with van der Waals surface area (Å²) in [5.74, 6) is 0.716. The van der Waals surface area contributed by atoms with Gasteiger partial charge in [0.2, 0.25) is 0 Å². The molecule has 1 aliphatic carbocycles. The third kappa shape index (κ3) is 2.60. The van der Waals surface area contributed by atoms with Crippen LogP contribution in [0, 0.1) is 0 Å². The largest absolute Gasteiger partial charge is 0.392 e. The van der Waals surface area contributed by atoms with Gasteiger partial charge in [-0.1, -0.05) is 42.5 Å². The summed E-state index contributed by atoms with van der Waals surface area (Å²) >= 11 is 1.95. The van der Waals surface area contributed by atoms with E-state index < -0.39 is 0 Å². The van der Waals surface area contributed by atoms with Crippen molar-refractivity contribution in [3.05, 3.63) is 65.7 Å². The molecule has 1 saturated carbocycles. The zero-order chi connectivity index (χ0) is 12.4. The smallest absolute Gasteiger partial charge is 0.0681 e. The monoisotopic (exact) mass is 256 g/mol. The zero-order valence-corrected chi connectivity index (χ0v) is 10.9. The molecular weight excluding hydrogens is 240 g/mol. The van der Waals surface area contributed by atoms with Crippen LogP contribution in [0.25, 0.3) is 0 Å². The molecule has 0 saturated heterocycles. The molecule has 0 aromatic heterocycles. The first-order valence-electron chi connectivity index (χ1n) is 6.28. The average molecular weight is 256 g/mol. The van der Waals surface area contributed by atoms with Crippen LogP contribution in [-0.2, 0) is 6.61 Å². The van der Waals surface area contributed by atoms with Crippen LogP contribution in [-0.4, -0.2) is 10.4 Å². The molecule has 1 N–H and O–H groups in total. The van der Waals surface area contributed by atoms with Gasteiger partial charge in [0.1, 0.15) is 0 Å². The van der Waals surface area contributed by atoms with Crippen LogP contribution in [0.15, 0.2) is 59.5 Å². The molecule has 2 atom stereocenters. The molecule has 0 spiro atoms. The molecule has 0 heterocycles. The van der Waals surface area contributed by atoms with Gasteiger partial charge in [0.25, 0.3) is 0 Å². The molecule has 2 heteroatoms. The highest BCUT2D eigenvalue weighted by molar-refractivity contribution is 8.00. The molecule has 0 bridgehead atoms. The van der Waals surface area contributed by atoms with Crippen molar-refractivity contribution in [1.82, 2.24) is 0 Å². The lowest BCUT2D eigenvalue weighted by atomic mass is 10.1. The molecule has 1 nitrogen and oxygen atoms in total. The minimum Gasteiger partial charge on any atom is -0.392 e. The van der Waals surface area contributed by atoms with Crippen molar-refractivity contribution in [3.63, 3.8) is 0 Å². The number of aliphatic hydroxyl groups is 1. The van der Waals surface area contributed by atoms with Gasteiger partial charge in [-0.05, 0) is 35.6 Å². The molecule has 0 aliphatic heterocycles. The van der Waals surface area contributed by atoms with Crippen molar-refractivity contribution >= 4 is 11.8 Å². The first-order valence-corrected chi connectivity index (χ1v) is 7.16. The SMILES string of the molecule is OCc1ccc(SC2CC2c2ccccc2)cc1. The van der Waals surface area contributed by atoms with Gasteiger partial charge in [0.05, 0.1) is 6.61 Å². The molecule has 3 rings (SSSR count). The van der Waals surface area contributed by atoms with Crippen molar-refractivity contribution in [1.29, 1.82) is 0 Å². The van der Waals surface area contributed by atoms with Crippen LogP contribution < -0.4 is 0 Å². The van der Waals surface area contributed by atoms with Crippen LogP contribution in [0.2, 0.25) is 0 Å². The predicted molar refractivity (Wildman–Crippen MR) is 75.8 cm³/mol. The van der Waals surface area contributed by atoms with Gasteiger partial charge in [0, 0.05) is 10.1 Å². The molecule has 0 amide bonds. The fourth-order valence-electron chi connectivity index (χ4n) is 2.20. The van der Waals surface area contributed by atoms with Crippen molar-refractivity contribution in [2.75, 3.05) is 0 Å². The Morgan fingerprint density at radius 2 is 1.72 bits per heavy atom. The Balaban J connectivity index is 1.62. The Morgan fingerprint density at radius 1 is 1.00 bits per heavy atom. The Morgan fingerprint density at radius 3 is 2.39 bits per heavy atom. The molecule has 92 valence electrons. The number of benzene rings is 2. The summed E-state index contributed by atoms with van der Waals surface area (Å²) in [6.45, 7) is 0.126. The fraction of sp³-hybridized carbons (Fsp3) is 0.250. The second-order valence-electron chi connectivity index (χ2n) is 4.71. The molecular formula is C16H16OS. The second kappa shape index (κ2) is 5.17. The lowest BCUT2D eigenvalue weighted by Gasteiger charge is -2.02. The number of thioether (sulfide) groups is 1. The summed E-state index contributed by atoms with van der Waals surface area (Å²) < 4.78 is 0. The van der Waals surface area contributed by atoms with E-state index in [1.807, 2.05) is 23.9 Å². The maximum atomic E-state index is 9.01.